The minimum absolute atomic E-state index is 0.274. The van der Waals surface area contributed by atoms with Gasteiger partial charge in [0.2, 0.25) is 0 Å². The largest absolute Gasteiger partial charge is 0.493 e. The van der Waals surface area contributed by atoms with Crippen LogP contribution < -0.4 is 19.5 Å². The van der Waals surface area contributed by atoms with Gasteiger partial charge < -0.3 is 24.6 Å². The highest BCUT2D eigenvalue weighted by molar-refractivity contribution is 5.42. The van der Waals surface area contributed by atoms with Crippen molar-refractivity contribution >= 4 is 0 Å². The summed E-state index contributed by atoms with van der Waals surface area (Å²) in [6.07, 6.45) is 1.26. The summed E-state index contributed by atoms with van der Waals surface area (Å²) in [6, 6.07) is 13.9. The van der Waals surface area contributed by atoms with Gasteiger partial charge in [-0.15, -0.1) is 0 Å². The molecule has 1 unspecified atom stereocenters. The van der Waals surface area contributed by atoms with E-state index in [1.165, 1.54) is 5.56 Å². The van der Waals surface area contributed by atoms with Crippen LogP contribution in [0.15, 0.2) is 42.5 Å². The maximum atomic E-state index is 10.1. The van der Waals surface area contributed by atoms with E-state index in [0.29, 0.717) is 6.54 Å². The molecule has 2 aromatic rings. The van der Waals surface area contributed by atoms with Gasteiger partial charge in [0.25, 0.3) is 0 Å². The van der Waals surface area contributed by atoms with Crippen LogP contribution in [-0.4, -0.2) is 45.1 Å². The van der Waals surface area contributed by atoms with Crippen molar-refractivity contribution in [2.75, 3.05) is 33.9 Å². The molecular weight excluding hydrogens is 330 g/mol. The number of nitrogens with one attached hydrogen (secondary N) is 1. The fraction of sp³-hybridized carbons (Fsp3) is 0.429. The molecule has 0 radical (unpaired) electrons. The van der Waals surface area contributed by atoms with Gasteiger partial charge in [-0.05, 0) is 54.8 Å². The second kappa shape index (κ2) is 10.7. The summed E-state index contributed by atoms with van der Waals surface area (Å²) in [5.41, 5.74) is 2.38. The quantitative estimate of drug-likeness (QED) is 0.604. The Morgan fingerprint density at radius 2 is 1.81 bits per heavy atom. The van der Waals surface area contributed by atoms with Crippen LogP contribution in [0.5, 0.6) is 17.2 Å². The molecule has 0 heterocycles. The highest BCUT2D eigenvalue weighted by Gasteiger charge is 2.07. The molecule has 2 rings (SSSR count). The predicted molar refractivity (Wildman–Crippen MR) is 103 cm³/mol. The van der Waals surface area contributed by atoms with Crippen LogP contribution in [0.2, 0.25) is 0 Å². The van der Waals surface area contributed by atoms with E-state index in [-0.39, 0.29) is 6.61 Å². The molecule has 0 aromatic heterocycles. The SMILES string of the molecule is CCc1cccc(OCC(O)CNCCc2ccc(OC)c(OC)c2)c1. The van der Waals surface area contributed by atoms with E-state index in [9.17, 15) is 5.11 Å². The third-order valence-corrected chi connectivity index (χ3v) is 4.17. The first-order valence-electron chi connectivity index (χ1n) is 8.97. The molecule has 0 saturated carbocycles. The fourth-order valence-electron chi connectivity index (χ4n) is 2.64. The van der Waals surface area contributed by atoms with Crippen LogP contribution in [0.3, 0.4) is 0 Å². The number of rotatable bonds is 11. The lowest BCUT2D eigenvalue weighted by Gasteiger charge is -2.14. The number of methoxy groups -OCH3 is 2. The molecule has 0 amide bonds. The maximum Gasteiger partial charge on any atom is 0.160 e. The maximum absolute atomic E-state index is 10.1. The van der Waals surface area contributed by atoms with Gasteiger partial charge in [0, 0.05) is 6.54 Å². The molecule has 0 spiro atoms. The molecule has 0 aliphatic heterocycles. The van der Waals surface area contributed by atoms with Crippen molar-refractivity contribution < 1.29 is 19.3 Å². The topological polar surface area (TPSA) is 60.0 Å². The number of aliphatic hydroxyl groups excluding tert-OH is 1. The minimum Gasteiger partial charge on any atom is -0.493 e. The standard InChI is InChI=1S/C21H29NO4/c1-4-16-6-5-7-19(12-16)26-15-18(23)14-22-11-10-17-8-9-20(24-2)21(13-17)25-3/h5-9,12-13,18,22-23H,4,10-11,14-15H2,1-3H3. The van der Waals surface area contributed by atoms with Gasteiger partial charge in [-0.2, -0.15) is 0 Å². The third-order valence-electron chi connectivity index (χ3n) is 4.17. The van der Waals surface area contributed by atoms with Gasteiger partial charge in [-0.3, -0.25) is 0 Å². The van der Waals surface area contributed by atoms with Crippen molar-refractivity contribution in [1.29, 1.82) is 0 Å². The lowest BCUT2D eigenvalue weighted by atomic mass is 10.1. The molecule has 0 aliphatic carbocycles. The Kier molecular flexibility index (Phi) is 8.25. The average molecular weight is 359 g/mol. The Morgan fingerprint density at radius 1 is 1.00 bits per heavy atom. The number of hydrogen-bond acceptors (Lipinski definition) is 5. The zero-order valence-electron chi connectivity index (χ0n) is 15.8. The first kappa shape index (κ1) is 20.1. The smallest absolute Gasteiger partial charge is 0.160 e. The molecule has 1 atom stereocenters. The van der Waals surface area contributed by atoms with Crippen molar-refractivity contribution in [1.82, 2.24) is 5.32 Å². The number of ether oxygens (including phenoxy) is 3. The van der Waals surface area contributed by atoms with Gasteiger partial charge in [-0.25, -0.2) is 0 Å². The summed E-state index contributed by atoms with van der Waals surface area (Å²) in [6.45, 7) is 3.63. The molecule has 142 valence electrons. The number of aliphatic hydroxyl groups is 1. The molecule has 0 fully saturated rings. The molecule has 2 N–H and O–H groups in total. The van der Waals surface area contributed by atoms with E-state index in [0.717, 1.165) is 42.2 Å². The Hall–Kier alpha value is -2.24. The number of benzene rings is 2. The van der Waals surface area contributed by atoms with E-state index >= 15 is 0 Å². The van der Waals surface area contributed by atoms with E-state index < -0.39 is 6.10 Å². The molecule has 0 saturated heterocycles. The predicted octanol–water partition coefficient (Wildman–Crippen LogP) is 2.84. The molecule has 0 aliphatic rings. The van der Waals surface area contributed by atoms with Crippen LogP contribution in [0.25, 0.3) is 0 Å². The van der Waals surface area contributed by atoms with Crippen LogP contribution in [0.1, 0.15) is 18.1 Å². The van der Waals surface area contributed by atoms with E-state index in [4.69, 9.17) is 14.2 Å². The zero-order valence-corrected chi connectivity index (χ0v) is 15.8. The number of aryl methyl sites for hydroxylation is 1. The average Bonchev–Trinajstić information content (AvgIpc) is 2.69. The molecular formula is C21H29NO4. The molecule has 5 heteroatoms. The van der Waals surface area contributed by atoms with Gasteiger partial charge >= 0.3 is 0 Å². The van der Waals surface area contributed by atoms with Crippen LogP contribution in [-0.2, 0) is 12.8 Å². The summed E-state index contributed by atoms with van der Waals surface area (Å²) in [5, 5.41) is 13.3. The van der Waals surface area contributed by atoms with Gasteiger partial charge in [0.1, 0.15) is 18.5 Å². The Labute approximate surface area is 155 Å². The normalized spacial score (nSPS) is 11.8. The zero-order chi connectivity index (χ0) is 18.8. The lowest BCUT2D eigenvalue weighted by molar-refractivity contribution is 0.106. The summed E-state index contributed by atoms with van der Waals surface area (Å²) in [4.78, 5) is 0. The third kappa shape index (κ3) is 6.24. The van der Waals surface area contributed by atoms with Gasteiger partial charge in [0.15, 0.2) is 11.5 Å². The van der Waals surface area contributed by atoms with E-state index in [1.54, 1.807) is 14.2 Å². The fourth-order valence-corrected chi connectivity index (χ4v) is 2.64. The first-order valence-corrected chi connectivity index (χ1v) is 8.97. The van der Waals surface area contributed by atoms with E-state index in [1.807, 2.05) is 36.4 Å². The molecule has 2 aromatic carbocycles. The van der Waals surface area contributed by atoms with Crippen molar-refractivity contribution in [3.63, 3.8) is 0 Å². The van der Waals surface area contributed by atoms with Crippen LogP contribution in [0, 0.1) is 0 Å². The van der Waals surface area contributed by atoms with Crippen LogP contribution in [0.4, 0.5) is 0 Å². The van der Waals surface area contributed by atoms with Gasteiger partial charge in [-0.1, -0.05) is 25.1 Å². The Bertz CT molecular complexity index is 675. The van der Waals surface area contributed by atoms with Crippen molar-refractivity contribution in [2.45, 2.75) is 25.9 Å². The van der Waals surface area contributed by atoms with Crippen molar-refractivity contribution in [2.24, 2.45) is 0 Å². The summed E-state index contributed by atoms with van der Waals surface area (Å²) < 4.78 is 16.2. The van der Waals surface area contributed by atoms with E-state index in [2.05, 4.69) is 18.3 Å². The van der Waals surface area contributed by atoms with Crippen LogP contribution >= 0.6 is 0 Å². The monoisotopic (exact) mass is 359 g/mol. The number of hydrogen-bond donors (Lipinski definition) is 2. The summed E-state index contributed by atoms with van der Waals surface area (Å²) in [5.74, 6) is 2.25. The van der Waals surface area contributed by atoms with Crippen molar-refractivity contribution in [3.8, 4) is 17.2 Å². The summed E-state index contributed by atoms with van der Waals surface area (Å²) >= 11 is 0. The van der Waals surface area contributed by atoms with Crippen molar-refractivity contribution in [3.05, 3.63) is 53.6 Å². The highest BCUT2D eigenvalue weighted by atomic mass is 16.5. The molecule has 0 bridgehead atoms. The summed E-state index contributed by atoms with van der Waals surface area (Å²) in [7, 11) is 3.26. The highest BCUT2D eigenvalue weighted by Crippen LogP contribution is 2.27. The minimum atomic E-state index is -0.550. The Balaban J connectivity index is 1.69. The lowest BCUT2D eigenvalue weighted by Crippen LogP contribution is -2.32. The second-order valence-corrected chi connectivity index (χ2v) is 6.11. The van der Waals surface area contributed by atoms with Gasteiger partial charge in [0.05, 0.1) is 14.2 Å². The Morgan fingerprint density at radius 3 is 2.54 bits per heavy atom. The first-order chi connectivity index (χ1) is 12.7. The molecule has 5 nitrogen and oxygen atoms in total. The second-order valence-electron chi connectivity index (χ2n) is 6.11. The molecule has 26 heavy (non-hydrogen) atoms.